The van der Waals surface area contributed by atoms with E-state index >= 15 is 0 Å². The molecule has 0 unspecified atom stereocenters. The van der Waals surface area contributed by atoms with E-state index in [1.54, 1.807) is 43.5 Å². The SMILES string of the molecule is CCOC(=O)c1sc(NC(=O)CSc2nnc(-c3cc(Br)ccc3O)n2CC)c(C(=O)OCC)c1C. The second kappa shape index (κ2) is 12.4. The van der Waals surface area contributed by atoms with E-state index < -0.39 is 17.8 Å². The lowest BCUT2D eigenvalue weighted by Crippen LogP contribution is -2.17. The maximum absolute atomic E-state index is 12.8. The minimum absolute atomic E-state index is 0.0312. The van der Waals surface area contributed by atoms with E-state index in [0.29, 0.717) is 28.7 Å². The lowest BCUT2D eigenvalue weighted by atomic mass is 10.1. The number of aromatic nitrogens is 3. The van der Waals surface area contributed by atoms with E-state index in [4.69, 9.17) is 9.47 Å². The molecule has 0 aliphatic rings. The number of halogens is 1. The molecule has 0 bridgehead atoms. The molecule has 2 N–H and O–H groups in total. The number of hydrogen-bond acceptors (Lipinski definition) is 10. The molecule has 0 radical (unpaired) electrons. The highest BCUT2D eigenvalue weighted by molar-refractivity contribution is 9.10. The number of amides is 1. The fourth-order valence-electron chi connectivity index (χ4n) is 3.30. The number of thiophene rings is 1. The number of phenols is 1. The summed E-state index contributed by atoms with van der Waals surface area (Å²) in [6.45, 7) is 7.72. The standard InChI is InChI=1S/C23H25BrN4O6S2/c1-5-28-19(14-10-13(24)8-9-15(14)29)26-27-23(28)35-11-16(30)25-20-17(21(31)33-6-2)12(4)18(36-20)22(32)34-7-3/h8-10,29H,5-7,11H2,1-4H3,(H,25,30). The first kappa shape index (κ1) is 27.7. The Labute approximate surface area is 224 Å². The molecule has 3 rings (SSSR count). The molecule has 0 aliphatic heterocycles. The number of esters is 2. The molecule has 10 nitrogen and oxygen atoms in total. The molecule has 2 heterocycles. The van der Waals surface area contributed by atoms with Gasteiger partial charge in [0.2, 0.25) is 5.91 Å². The number of benzene rings is 1. The van der Waals surface area contributed by atoms with Crippen molar-refractivity contribution in [3.05, 3.63) is 38.7 Å². The highest BCUT2D eigenvalue weighted by Crippen LogP contribution is 2.35. The van der Waals surface area contributed by atoms with Crippen LogP contribution in [0.5, 0.6) is 5.75 Å². The molecule has 0 saturated heterocycles. The van der Waals surface area contributed by atoms with Crippen LogP contribution in [0.15, 0.2) is 27.8 Å². The Kier molecular flexibility index (Phi) is 9.51. The molecule has 0 saturated carbocycles. The Morgan fingerprint density at radius 3 is 2.50 bits per heavy atom. The maximum atomic E-state index is 12.8. The van der Waals surface area contributed by atoms with Crippen LogP contribution in [0.2, 0.25) is 0 Å². The van der Waals surface area contributed by atoms with Gasteiger partial charge in [-0.1, -0.05) is 27.7 Å². The van der Waals surface area contributed by atoms with Gasteiger partial charge >= 0.3 is 11.9 Å². The van der Waals surface area contributed by atoms with Crippen LogP contribution in [0, 0.1) is 6.92 Å². The summed E-state index contributed by atoms with van der Waals surface area (Å²) < 4.78 is 12.8. The van der Waals surface area contributed by atoms with Gasteiger partial charge in [-0.2, -0.15) is 0 Å². The van der Waals surface area contributed by atoms with Crippen LogP contribution in [0.1, 0.15) is 46.4 Å². The summed E-state index contributed by atoms with van der Waals surface area (Å²) in [5.74, 6) is -1.10. The number of ether oxygens (including phenoxy) is 2. The summed E-state index contributed by atoms with van der Waals surface area (Å²) in [5.41, 5.74) is 1.03. The zero-order chi connectivity index (χ0) is 26.4. The highest BCUT2D eigenvalue weighted by atomic mass is 79.9. The van der Waals surface area contributed by atoms with Crippen molar-refractivity contribution < 1.29 is 29.0 Å². The van der Waals surface area contributed by atoms with Crippen LogP contribution in [0.4, 0.5) is 5.00 Å². The van der Waals surface area contributed by atoms with Crippen molar-refractivity contribution in [2.75, 3.05) is 24.3 Å². The molecule has 192 valence electrons. The van der Waals surface area contributed by atoms with E-state index in [9.17, 15) is 19.5 Å². The Morgan fingerprint density at radius 2 is 1.83 bits per heavy atom. The van der Waals surface area contributed by atoms with Crippen molar-refractivity contribution in [1.82, 2.24) is 14.8 Å². The van der Waals surface area contributed by atoms with Gasteiger partial charge in [-0.25, -0.2) is 9.59 Å². The topological polar surface area (TPSA) is 133 Å². The highest BCUT2D eigenvalue weighted by Gasteiger charge is 2.27. The molecule has 0 atom stereocenters. The van der Waals surface area contributed by atoms with Crippen molar-refractivity contribution in [3.8, 4) is 17.1 Å². The summed E-state index contributed by atoms with van der Waals surface area (Å²) in [6, 6.07) is 5.02. The zero-order valence-corrected chi connectivity index (χ0v) is 23.3. The van der Waals surface area contributed by atoms with Gasteiger partial charge in [-0.3, -0.25) is 4.79 Å². The van der Waals surface area contributed by atoms with Crippen LogP contribution in [0.3, 0.4) is 0 Å². The van der Waals surface area contributed by atoms with E-state index in [-0.39, 0.29) is 40.2 Å². The summed E-state index contributed by atoms with van der Waals surface area (Å²) in [6.07, 6.45) is 0. The molecular weight excluding hydrogens is 572 g/mol. The fourth-order valence-corrected chi connectivity index (χ4v) is 5.57. The molecule has 3 aromatic rings. The van der Waals surface area contributed by atoms with E-state index in [1.165, 1.54) is 0 Å². The number of anilines is 1. The number of nitrogens with one attached hydrogen (secondary N) is 1. The predicted molar refractivity (Wildman–Crippen MR) is 141 cm³/mol. The Hall–Kier alpha value is -2.90. The van der Waals surface area contributed by atoms with Crippen molar-refractivity contribution >= 4 is 61.9 Å². The average molecular weight is 598 g/mol. The number of hydrogen-bond donors (Lipinski definition) is 2. The molecular formula is C23H25BrN4O6S2. The first-order valence-corrected chi connectivity index (χ1v) is 13.6. The van der Waals surface area contributed by atoms with E-state index in [1.807, 2.05) is 6.92 Å². The minimum Gasteiger partial charge on any atom is -0.507 e. The minimum atomic E-state index is -0.631. The van der Waals surface area contributed by atoms with Crippen molar-refractivity contribution in [2.24, 2.45) is 0 Å². The lowest BCUT2D eigenvalue weighted by molar-refractivity contribution is -0.113. The van der Waals surface area contributed by atoms with Gasteiger partial charge in [0.25, 0.3) is 0 Å². The Bertz CT molecular complexity index is 1290. The number of nitrogens with zero attached hydrogens (tertiary/aromatic N) is 3. The largest absolute Gasteiger partial charge is 0.507 e. The van der Waals surface area contributed by atoms with Crippen LogP contribution in [-0.4, -0.2) is 56.7 Å². The Morgan fingerprint density at radius 1 is 1.14 bits per heavy atom. The first-order chi connectivity index (χ1) is 17.2. The average Bonchev–Trinajstić information content (AvgIpc) is 3.39. The van der Waals surface area contributed by atoms with Gasteiger partial charge in [0, 0.05) is 11.0 Å². The van der Waals surface area contributed by atoms with Gasteiger partial charge in [-0.05, 0) is 51.5 Å². The van der Waals surface area contributed by atoms with Gasteiger partial charge < -0.3 is 24.5 Å². The number of phenolic OH excluding ortho intramolecular Hbond substituents is 1. The predicted octanol–water partition coefficient (Wildman–Crippen LogP) is 4.89. The molecule has 0 aliphatic carbocycles. The molecule has 13 heteroatoms. The molecule has 2 aromatic heterocycles. The second-order valence-corrected chi connectivity index (χ2v) is 10.1. The van der Waals surface area contributed by atoms with Crippen LogP contribution >= 0.6 is 39.0 Å². The third-order valence-corrected chi connectivity index (χ3v) is 7.55. The molecule has 1 aromatic carbocycles. The maximum Gasteiger partial charge on any atom is 0.348 e. The number of carbonyl (C=O) groups excluding carboxylic acids is 3. The number of aromatic hydroxyl groups is 1. The quantitative estimate of drug-likeness (QED) is 0.248. The summed E-state index contributed by atoms with van der Waals surface area (Å²) in [5, 5.41) is 22.1. The second-order valence-electron chi connectivity index (χ2n) is 7.25. The molecule has 1 amide bonds. The van der Waals surface area contributed by atoms with Gasteiger partial charge in [-0.15, -0.1) is 21.5 Å². The van der Waals surface area contributed by atoms with Crippen LogP contribution < -0.4 is 5.32 Å². The van der Waals surface area contributed by atoms with Gasteiger partial charge in [0.1, 0.15) is 15.6 Å². The van der Waals surface area contributed by atoms with Crippen molar-refractivity contribution in [2.45, 2.75) is 39.4 Å². The summed E-state index contributed by atoms with van der Waals surface area (Å²) >= 11 is 5.51. The summed E-state index contributed by atoms with van der Waals surface area (Å²) in [4.78, 5) is 37.9. The monoisotopic (exact) mass is 596 g/mol. The zero-order valence-electron chi connectivity index (χ0n) is 20.1. The number of thioether (sulfide) groups is 1. The van der Waals surface area contributed by atoms with Gasteiger partial charge in [0.15, 0.2) is 11.0 Å². The fraction of sp³-hybridized carbons (Fsp3) is 0.348. The molecule has 0 fully saturated rings. The molecule has 36 heavy (non-hydrogen) atoms. The van der Waals surface area contributed by atoms with E-state index in [2.05, 4.69) is 31.4 Å². The Balaban J connectivity index is 1.80. The van der Waals surface area contributed by atoms with Crippen LogP contribution in [0.25, 0.3) is 11.4 Å². The number of rotatable bonds is 10. The first-order valence-electron chi connectivity index (χ1n) is 11.0. The third kappa shape index (κ3) is 6.08. The van der Waals surface area contributed by atoms with E-state index in [0.717, 1.165) is 27.6 Å². The molecule has 0 spiro atoms. The third-order valence-electron chi connectivity index (χ3n) is 4.91. The van der Waals surface area contributed by atoms with Crippen molar-refractivity contribution in [1.29, 1.82) is 0 Å². The number of carbonyl (C=O) groups is 3. The normalized spacial score (nSPS) is 10.8. The smallest absolute Gasteiger partial charge is 0.348 e. The van der Waals surface area contributed by atoms with Crippen LogP contribution in [-0.2, 0) is 20.8 Å². The van der Waals surface area contributed by atoms with Crippen molar-refractivity contribution in [3.63, 3.8) is 0 Å². The van der Waals surface area contributed by atoms with Gasteiger partial charge in [0.05, 0.1) is 30.1 Å². The summed E-state index contributed by atoms with van der Waals surface area (Å²) in [7, 11) is 0. The lowest BCUT2D eigenvalue weighted by Gasteiger charge is -2.09.